The molecule has 0 aliphatic carbocycles. The molecule has 0 unspecified atom stereocenters. The van der Waals surface area contributed by atoms with Crippen LogP contribution in [0.2, 0.25) is 10.0 Å². The summed E-state index contributed by atoms with van der Waals surface area (Å²) in [6.45, 7) is 2.83. The van der Waals surface area contributed by atoms with Crippen LogP contribution in [0.25, 0.3) is 11.3 Å². The van der Waals surface area contributed by atoms with E-state index >= 15 is 0 Å². The predicted molar refractivity (Wildman–Crippen MR) is 128 cm³/mol. The first kappa shape index (κ1) is 23.3. The first-order valence-corrected chi connectivity index (χ1v) is 11.5. The summed E-state index contributed by atoms with van der Waals surface area (Å²) in [5, 5.41) is 5.16. The summed E-state index contributed by atoms with van der Waals surface area (Å²) < 4.78 is 14.8. The Morgan fingerprint density at radius 2 is 1.70 bits per heavy atom. The molecular weight excluding hydrogens is 466 g/mol. The number of piperazine rings is 1. The number of aromatic nitrogens is 2. The van der Waals surface area contributed by atoms with E-state index < -0.39 is 5.82 Å². The molecule has 4 rings (SSSR count). The molecule has 172 valence electrons. The van der Waals surface area contributed by atoms with Gasteiger partial charge in [-0.25, -0.2) is 9.07 Å². The van der Waals surface area contributed by atoms with Gasteiger partial charge in [-0.15, -0.1) is 0 Å². The fraction of sp³-hybridized carbons (Fsp3) is 0.292. The monoisotopic (exact) mass is 488 g/mol. The van der Waals surface area contributed by atoms with Crippen molar-refractivity contribution in [2.75, 3.05) is 31.1 Å². The third-order valence-electron chi connectivity index (χ3n) is 5.67. The Hall–Kier alpha value is -2.90. The van der Waals surface area contributed by atoms with Crippen LogP contribution in [0.3, 0.4) is 0 Å². The Labute approximate surface area is 201 Å². The molecule has 9 heteroatoms. The summed E-state index contributed by atoms with van der Waals surface area (Å²) in [5.74, 6) is -0.393. The first-order chi connectivity index (χ1) is 15.9. The number of hydrogen-bond acceptors (Lipinski definition) is 4. The van der Waals surface area contributed by atoms with Crippen molar-refractivity contribution < 1.29 is 9.18 Å². The van der Waals surface area contributed by atoms with Crippen molar-refractivity contribution in [2.45, 2.75) is 19.4 Å². The molecule has 6 nitrogen and oxygen atoms in total. The molecule has 0 radical (unpaired) electrons. The van der Waals surface area contributed by atoms with E-state index in [1.165, 1.54) is 16.8 Å². The number of rotatable bonds is 6. The van der Waals surface area contributed by atoms with Gasteiger partial charge in [-0.3, -0.25) is 9.59 Å². The highest BCUT2D eigenvalue weighted by Crippen LogP contribution is 2.24. The van der Waals surface area contributed by atoms with Gasteiger partial charge in [-0.2, -0.15) is 5.10 Å². The number of nitrogens with zero attached hydrogens (tertiary/aromatic N) is 4. The van der Waals surface area contributed by atoms with Gasteiger partial charge in [0.15, 0.2) is 0 Å². The second kappa shape index (κ2) is 10.4. The van der Waals surface area contributed by atoms with Crippen molar-refractivity contribution >= 4 is 34.8 Å². The van der Waals surface area contributed by atoms with E-state index in [0.29, 0.717) is 56.3 Å². The van der Waals surface area contributed by atoms with E-state index in [1.54, 1.807) is 30.3 Å². The SMILES string of the molecule is O=C(CCCn1nc(-c2ccc(Cl)cc2)ccc1=O)N1CCN(c2ccc(F)c(Cl)c2)CC1. The zero-order chi connectivity index (χ0) is 23.4. The predicted octanol–water partition coefficient (Wildman–Crippen LogP) is 4.49. The normalized spacial score (nSPS) is 13.9. The maximum Gasteiger partial charge on any atom is 0.266 e. The molecule has 1 amide bonds. The Morgan fingerprint density at radius 3 is 2.39 bits per heavy atom. The lowest BCUT2D eigenvalue weighted by atomic mass is 10.1. The molecule has 1 aliphatic rings. The molecule has 2 aromatic carbocycles. The topological polar surface area (TPSA) is 58.4 Å². The number of carbonyl (C=O) groups is 1. The second-order valence-corrected chi connectivity index (χ2v) is 8.70. The van der Waals surface area contributed by atoms with E-state index in [9.17, 15) is 14.0 Å². The van der Waals surface area contributed by atoms with E-state index in [0.717, 1.165) is 11.3 Å². The van der Waals surface area contributed by atoms with Gasteiger partial charge in [0, 0.05) is 61.5 Å². The van der Waals surface area contributed by atoms with Gasteiger partial charge < -0.3 is 9.80 Å². The number of benzene rings is 2. The van der Waals surface area contributed by atoms with Gasteiger partial charge in [0.25, 0.3) is 5.56 Å². The number of hydrogen-bond donors (Lipinski definition) is 0. The molecule has 1 aliphatic heterocycles. The average molecular weight is 489 g/mol. The Morgan fingerprint density at radius 1 is 0.970 bits per heavy atom. The molecule has 0 saturated carbocycles. The average Bonchev–Trinajstić information content (AvgIpc) is 2.82. The van der Waals surface area contributed by atoms with E-state index in [2.05, 4.69) is 10.00 Å². The van der Waals surface area contributed by atoms with Gasteiger partial charge in [-0.1, -0.05) is 35.3 Å². The van der Waals surface area contributed by atoms with Crippen LogP contribution in [0.5, 0.6) is 0 Å². The summed E-state index contributed by atoms with van der Waals surface area (Å²) >= 11 is 11.8. The lowest BCUT2D eigenvalue weighted by molar-refractivity contribution is -0.131. The molecule has 3 aromatic rings. The van der Waals surface area contributed by atoms with Crippen molar-refractivity contribution in [3.8, 4) is 11.3 Å². The summed E-state index contributed by atoms with van der Waals surface area (Å²) in [6, 6.07) is 15.1. The summed E-state index contributed by atoms with van der Waals surface area (Å²) in [7, 11) is 0. The van der Waals surface area contributed by atoms with Crippen molar-refractivity contribution in [3.05, 3.63) is 80.8 Å². The third kappa shape index (κ3) is 5.72. The molecule has 33 heavy (non-hydrogen) atoms. The zero-order valence-corrected chi connectivity index (χ0v) is 19.4. The van der Waals surface area contributed by atoms with Crippen molar-refractivity contribution in [1.82, 2.24) is 14.7 Å². The van der Waals surface area contributed by atoms with Gasteiger partial charge >= 0.3 is 0 Å². The Bertz CT molecular complexity index is 1190. The minimum Gasteiger partial charge on any atom is -0.368 e. The maximum atomic E-state index is 13.4. The number of aryl methyl sites for hydroxylation is 1. The number of carbonyl (C=O) groups excluding carboxylic acids is 1. The fourth-order valence-corrected chi connectivity index (χ4v) is 4.12. The number of halogens is 3. The van der Waals surface area contributed by atoms with Gasteiger partial charge in [0.2, 0.25) is 5.91 Å². The molecule has 0 N–H and O–H groups in total. The Balaban J connectivity index is 1.29. The molecule has 0 bridgehead atoms. The Kier molecular flexibility index (Phi) is 7.30. The maximum absolute atomic E-state index is 13.4. The van der Waals surface area contributed by atoms with Crippen LogP contribution >= 0.6 is 23.2 Å². The highest BCUT2D eigenvalue weighted by atomic mass is 35.5. The highest BCUT2D eigenvalue weighted by molar-refractivity contribution is 6.31. The van der Waals surface area contributed by atoms with Crippen LogP contribution in [0.15, 0.2) is 59.4 Å². The molecule has 2 heterocycles. The summed E-state index contributed by atoms with van der Waals surface area (Å²) in [6.07, 6.45) is 0.852. The molecule has 1 fully saturated rings. The second-order valence-electron chi connectivity index (χ2n) is 7.86. The number of anilines is 1. The quantitative estimate of drug-likeness (QED) is 0.512. The highest BCUT2D eigenvalue weighted by Gasteiger charge is 2.21. The minimum absolute atomic E-state index is 0.0497. The largest absolute Gasteiger partial charge is 0.368 e. The molecule has 1 aromatic heterocycles. The van der Waals surface area contributed by atoms with E-state index in [-0.39, 0.29) is 16.5 Å². The first-order valence-electron chi connectivity index (χ1n) is 10.7. The van der Waals surface area contributed by atoms with Crippen molar-refractivity contribution in [1.29, 1.82) is 0 Å². The van der Waals surface area contributed by atoms with Crippen LogP contribution in [0.4, 0.5) is 10.1 Å². The smallest absolute Gasteiger partial charge is 0.266 e. The van der Waals surface area contributed by atoms with Crippen LogP contribution in [-0.4, -0.2) is 46.8 Å². The molecule has 0 spiro atoms. The van der Waals surface area contributed by atoms with Gasteiger partial charge in [-0.05, 0) is 42.8 Å². The van der Waals surface area contributed by atoms with Crippen LogP contribution in [0, 0.1) is 5.82 Å². The minimum atomic E-state index is -0.443. The third-order valence-corrected chi connectivity index (χ3v) is 6.21. The molecule has 1 saturated heterocycles. The van der Waals surface area contributed by atoms with E-state index in [1.807, 2.05) is 17.0 Å². The lowest BCUT2D eigenvalue weighted by Crippen LogP contribution is -2.48. The lowest BCUT2D eigenvalue weighted by Gasteiger charge is -2.36. The van der Waals surface area contributed by atoms with Crippen molar-refractivity contribution in [3.63, 3.8) is 0 Å². The van der Waals surface area contributed by atoms with Crippen LogP contribution < -0.4 is 10.5 Å². The van der Waals surface area contributed by atoms with Gasteiger partial charge in [0.1, 0.15) is 5.82 Å². The summed E-state index contributed by atoms with van der Waals surface area (Å²) in [4.78, 5) is 28.8. The van der Waals surface area contributed by atoms with E-state index in [4.69, 9.17) is 23.2 Å². The van der Waals surface area contributed by atoms with Crippen molar-refractivity contribution in [2.24, 2.45) is 0 Å². The van der Waals surface area contributed by atoms with Crippen LogP contribution in [0.1, 0.15) is 12.8 Å². The van der Waals surface area contributed by atoms with Crippen LogP contribution in [-0.2, 0) is 11.3 Å². The molecular formula is C24H23Cl2FN4O2. The van der Waals surface area contributed by atoms with Gasteiger partial charge in [0.05, 0.1) is 10.7 Å². The number of amides is 1. The standard InChI is InChI=1S/C24H23Cl2FN4O2/c25-18-5-3-17(4-6-18)22-9-10-24(33)31(28-22)11-1-2-23(32)30-14-12-29(13-15-30)19-7-8-21(27)20(26)16-19/h3-10,16H,1-2,11-15H2. The summed E-state index contributed by atoms with van der Waals surface area (Å²) in [5.41, 5.74) is 2.19. The fourth-order valence-electron chi connectivity index (χ4n) is 3.82. The zero-order valence-electron chi connectivity index (χ0n) is 17.9. The molecule has 0 atom stereocenters.